The molecule has 116 valence electrons. The molecule has 8 heteroatoms. The van der Waals surface area contributed by atoms with Crippen LogP contribution in [0.15, 0.2) is 35.3 Å². The molecule has 4 N–H and O–H groups in total. The van der Waals surface area contributed by atoms with Gasteiger partial charge in [-0.05, 0) is 12.0 Å². The van der Waals surface area contributed by atoms with Crippen molar-refractivity contribution in [3.8, 4) is 0 Å². The van der Waals surface area contributed by atoms with Crippen molar-refractivity contribution in [1.29, 1.82) is 0 Å². The largest absolute Gasteiger partial charge is 0.444 e. The van der Waals surface area contributed by atoms with Crippen LogP contribution < -0.4 is 11.5 Å². The maximum Gasteiger partial charge on any atom is 0.417 e. The zero-order valence-corrected chi connectivity index (χ0v) is 11.8. The SMILES string of the molecule is NC(=O)CC[C@H]1C(=O)N=C(N)N1C(=O)OCc1ccccc1. The van der Waals surface area contributed by atoms with E-state index in [4.69, 9.17) is 16.2 Å². The standard InChI is InChI=1S/C14H16N4O4/c15-11(19)7-6-10-12(20)17-13(16)18(10)14(21)22-8-9-4-2-1-3-5-9/h1-5,10H,6-8H2,(H2,15,19)(H2,16,17,20)/t10-/m0/s1. The van der Waals surface area contributed by atoms with Gasteiger partial charge in [-0.1, -0.05) is 30.3 Å². The van der Waals surface area contributed by atoms with Gasteiger partial charge in [0, 0.05) is 6.42 Å². The van der Waals surface area contributed by atoms with E-state index in [0.29, 0.717) is 0 Å². The Hall–Kier alpha value is -2.90. The minimum atomic E-state index is -0.948. The highest BCUT2D eigenvalue weighted by atomic mass is 16.6. The van der Waals surface area contributed by atoms with Gasteiger partial charge in [0.1, 0.15) is 12.6 Å². The van der Waals surface area contributed by atoms with Crippen molar-refractivity contribution >= 4 is 23.9 Å². The molecule has 3 amide bonds. The van der Waals surface area contributed by atoms with E-state index in [1.807, 2.05) is 18.2 Å². The Morgan fingerprint density at radius 2 is 1.95 bits per heavy atom. The summed E-state index contributed by atoms with van der Waals surface area (Å²) in [7, 11) is 0. The highest BCUT2D eigenvalue weighted by Crippen LogP contribution is 2.17. The molecular weight excluding hydrogens is 288 g/mol. The van der Waals surface area contributed by atoms with E-state index >= 15 is 0 Å². The Morgan fingerprint density at radius 1 is 1.27 bits per heavy atom. The summed E-state index contributed by atoms with van der Waals surface area (Å²) in [6.07, 6.45) is -0.786. The molecule has 2 rings (SSSR count). The molecule has 0 saturated heterocycles. The molecule has 0 aliphatic carbocycles. The number of guanidine groups is 1. The van der Waals surface area contributed by atoms with Crippen LogP contribution >= 0.6 is 0 Å². The summed E-state index contributed by atoms with van der Waals surface area (Å²) in [5.74, 6) is -1.40. The van der Waals surface area contributed by atoms with Crippen molar-refractivity contribution in [1.82, 2.24) is 4.90 Å². The van der Waals surface area contributed by atoms with Crippen molar-refractivity contribution in [3.05, 3.63) is 35.9 Å². The van der Waals surface area contributed by atoms with Crippen LogP contribution in [-0.4, -0.2) is 34.8 Å². The molecule has 0 saturated carbocycles. The molecule has 0 radical (unpaired) electrons. The maximum atomic E-state index is 12.1. The number of hydrogen-bond donors (Lipinski definition) is 2. The van der Waals surface area contributed by atoms with E-state index in [1.54, 1.807) is 12.1 Å². The normalized spacial score (nSPS) is 17.3. The monoisotopic (exact) mass is 304 g/mol. The predicted octanol–water partition coefficient (Wildman–Crippen LogP) is 0.114. The first kappa shape index (κ1) is 15.5. The topological polar surface area (TPSA) is 128 Å². The third-order valence-electron chi connectivity index (χ3n) is 3.13. The summed E-state index contributed by atoms with van der Waals surface area (Å²) in [6, 6.07) is 8.11. The minimum Gasteiger partial charge on any atom is -0.444 e. The molecule has 8 nitrogen and oxygen atoms in total. The third kappa shape index (κ3) is 3.60. The molecule has 0 fully saturated rings. The number of benzene rings is 1. The third-order valence-corrected chi connectivity index (χ3v) is 3.13. The van der Waals surface area contributed by atoms with Gasteiger partial charge in [-0.15, -0.1) is 0 Å². The summed E-state index contributed by atoms with van der Waals surface area (Å²) in [5, 5.41) is 0. The number of carbonyl (C=O) groups is 3. The van der Waals surface area contributed by atoms with Gasteiger partial charge in [-0.25, -0.2) is 9.69 Å². The molecule has 0 unspecified atom stereocenters. The number of nitrogens with zero attached hydrogens (tertiary/aromatic N) is 2. The molecule has 1 heterocycles. The maximum absolute atomic E-state index is 12.1. The molecule has 1 aliphatic heterocycles. The van der Waals surface area contributed by atoms with Gasteiger partial charge in [-0.3, -0.25) is 9.59 Å². The fourth-order valence-electron chi connectivity index (χ4n) is 2.05. The Labute approximate surface area is 126 Å². The molecular formula is C14H16N4O4. The van der Waals surface area contributed by atoms with Crippen LogP contribution in [0.3, 0.4) is 0 Å². The van der Waals surface area contributed by atoms with Gasteiger partial charge in [-0.2, -0.15) is 4.99 Å². The summed E-state index contributed by atoms with van der Waals surface area (Å²) in [6.45, 7) is 0.0418. The van der Waals surface area contributed by atoms with Gasteiger partial charge in [0.25, 0.3) is 5.91 Å². The lowest BCUT2D eigenvalue weighted by molar-refractivity contribution is -0.121. The second kappa shape index (κ2) is 6.70. The lowest BCUT2D eigenvalue weighted by Crippen LogP contribution is -2.46. The van der Waals surface area contributed by atoms with Gasteiger partial charge < -0.3 is 16.2 Å². The number of aliphatic imine (C=N–C) groups is 1. The molecule has 0 aromatic heterocycles. The summed E-state index contributed by atoms with van der Waals surface area (Å²) < 4.78 is 5.13. The minimum absolute atomic E-state index is 0.0418. The highest BCUT2D eigenvalue weighted by Gasteiger charge is 2.39. The first-order valence-corrected chi connectivity index (χ1v) is 6.65. The summed E-state index contributed by atoms with van der Waals surface area (Å²) >= 11 is 0. The van der Waals surface area contributed by atoms with Crippen LogP contribution in [0, 0.1) is 0 Å². The van der Waals surface area contributed by atoms with Gasteiger partial charge in [0.15, 0.2) is 0 Å². The first-order valence-electron chi connectivity index (χ1n) is 6.65. The molecule has 0 bridgehead atoms. The summed E-state index contributed by atoms with van der Waals surface area (Å²) in [5.41, 5.74) is 11.4. The fraction of sp³-hybridized carbons (Fsp3) is 0.286. The number of carbonyl (C=O) groups excluding carboxylic acids is 3. The van der Waals surface area contributed by atoms with E-state index in [-0.39, 0.29) is 25.4 Å². The van der Waals surface area contributed by atoms with Crippen molar-refractivity contribution in [3.63, 3.8) is 0 Å². The van der Waals surface area contributed by atoms with E-state index in [1.165, 1.54) is 0 Å². The fourth-order valence-corrected chi connectivity index (χ4v) is 2.05. The smallest absolute Gasteiger partial charge is 0.417 e. The predicted molar refractivity (Wildman–Crippen MR) is 77.3 cm³/mol. The lowest BCUT2D eigenvalue weighted by atomic mass is 10.1. The van der Waals surface area contributed by atoms with Crippen LogP contribution in [0.25, 0.3) is 0 Å². The van der Waals surface area contributed by atoms with E-state index < -0.39 is 23.9 Å². The zero-order valence-electron chi connectivity index (χ0n) is 11.8. The second-order valence-electron chi connectivity index (χ2n) is 4.74. The van der Waals surface area contributed by atoms with Crippen molar-refractivity contribution in [2.75, 3.05) is 0 Å². The Morgan fingerprint density at radius 3 is 2.59 bits per heavy atom. The van der Waals surface area contributed by atoms with Crippen LogP contribution in [0.4, 0.5) is 4.79 Å². The second-order valence-corrected chi connectivity index (χ2v) is 4.74. The van der Waals surface area contributed by atoms with Gasteiger partial charge in [0.05, 0.1) is 0 Å². The Kier molecular flexibility index (Phi) is 4.72. The van der Waals surface area contributed by atoms with E-state index in [2.05, 4.69) is 4.99 Å². The number of nitrogens with two attached hydrogens (primary N) is 2. The average molecular weight is 304 g/mol. The van der Waals surface area contributed by atoms with E-state index in [9.17, 15) is 14.4 Å². The molecule has 1 aliphatic rings. The molecule has 0 spiro atoms. The van der Waals surface area contributed by atoms with Crippen molar-refractivity contribution < 1.29 is 19.1 Å². The lowest BCUT2D eigenvalue weighted by Gasteiger charge is -2.21. The van der Waals surface area contributed by atoms with Crippen molar-refractivity contribution in [2.24, 2.45) is 16.5 Å². The number of amides is 3. The molecule has 22 heavy (non-hydrogen) atoms. The number of primary amides is 1. The Bertz CT molecular complexity index is 615. The van der Waals surface area contributed by atoms with Crippen LogP contribution in [0.5, 0.6) is 0 Å². The average Bonchev–Trinajstić information content (AvgIpc) is 2.77. The Balaban J connectivity index is 2.00. The highest BCUT2D eigenvalue weighted by molar-refractivity contribution is 6.09. The van der Waals surface area contributed by atoms with Gasteiger partial charge >= 0.3 is 6.09 Å². The first-order chi connectivity index (χ1) is 10.5. The quantitative estimate of drug-likeness (QED) is 0.798. The zero-order chi connectivity index (χ0) is 16.1. The number of rotatable bonds is 5. The van der Waals surface area contributed by atoms with Gasteiger partial charge in [0.2, 0.25) is 11.9 Å². The van der Waals surface area contributed by atoms with Crippen LogP contribution in [0.1, 0.15) is 18.4 Å². The van der Waals surface area contributed by atoms with E-state index in [0.717, 1.165) is 10.5 Å². The molecule has 1 aromatic rings. The van der Waals surface area contributed by atoms with Crippen molar-refractivity contribution in [2.45, 2.75) is 25.5 Å². The molecule has 1 atom stereocenters. The molecule has 1 aromatic carbocycles. The van der Waals surface area contributed by atoms with Crippen LogP contribution in [0.2, 0.25) is 0 Å². The number of hydrogen-bond acceptors (Lipinski definition) is 5. The number of ether oxygens (including phenoxy) is 1. The summed E-state index contributed by atoms with van der Waals surface area (Å²) in [4.78, 5) is 39.1. The van der Waals surface area contributed by atoms with Crippen LogP contribution in [-0.2, 0) is 20.9 Å².